The number of carbonyl (C=O) groups is 2. The normalized spacial score (nSPS) is 20.7. The van der Waals surface area contributed by atoms with E-state index in [-0.39, 0.29) is 11.8 Å². The maximum absolute atomic E-state index is 11.3. The molecule has 2 amide bonds. The average Bonchev–Trinajstić information content (AvgIpc) is 2.89. The summed E-state index contributed by atoms with van der Waals surface area (Å²) in [5.41, 5.74) is 0. The minimum Gasteiger partial charge on any atom is -0.341 e. The van der Waals surface area contributed by atoms with Crippen molar-refractivity contribution in [1.29, 1.82) is 0 Å². The lowest BCUT2D eigenvalue weighted by Gasteiger charge is -2.17. The summed E-state index contributed by atoms with van der Waals surface area (Å²) >= 11 is 0. The Kier molecular flexibility index (Phi) is 4.36. The molecule has 17 heavy (non-hydrogen) atoms. The molecule has 2 rings (SSSR count). The number of likely N-dealkylation sites (tertiary alicyclic amines) is 2. The molecule has 0 aromatic rings. The van der Waals surface area contributed by atoms with Crippen LogP contribution in [0.1, 0.15) is 25.7 Å². The standard InChI is InChI=1S/C12H20N3O2/c16-11-3-1-7-14(11)9-5-13-6-10-15-8-2-4-12(15)17/h1-10H2. The van der Waals surface area contributed by atoms with Gasteiger partial charge in [-0.15, -0.1) is 0 Å². The minimum absolute atomic E-state index is 0.259. The van der Waals surface area contributed by atoms with Crippen LogP contribution in [0.2, 0.25) is 0 Å². The van der Waals surface area contributed by atoms with E-state index in [4.69, 9.17) is 0 Å². The van der Waals surface area contributed by atoms with E-state index in [1.54, 1.807) is 0 Å². The first kappa shape index (κ1) is 12.4. The third kappa shape index (κ3) is 3.43. The second-order valence-electron chi connectivity index (χ2n) is 4.64. The molecule has 0 saturated carbocycles. The molecule has 0 N–H and O–H groups in total. The third-order valence-corrected chi connectivity index (χ3v) is 3.40. The molecule has 2 heterocycles. The number of rotatable bonds is 6. The van der Waals surface area contributed by atoms with Gasteiger partial charge in [0.2, 0.25) is 11.8 Å². The molecule has 2 aliphatic heterocycles. The van der Waals surface area contributed by atoms with Crippen molar-refractivity contribution >= 4 is 11.8 Å². The molecule has 2 saturated heterocycles. The second-order valence-corrected chi connectivity index (χ2v) is 4.64. The van der Waals surface area contributed by atoms with Gasteiger partial charge in [-0.05, 0) is 12.8 Å². The molecular weight excluding hydrogens is 218 g/mol. The fourth-order valence-corrected chi connectivity index (χ4v) is 2.38. The van der Waals surface area contributed by atoms with Crippen molar-refractivity contribution in [1.82, 2.24) is 15.1 Å². The lowest BCUT2D eigenvalue weighted by atomic mass is 10.4. The fraction of sp³-hybridized carbons (Fsp3) is 0.833. The van der Waals surface area contributed by atoms with E-state index in [1.165, 1.54) is 0 Å². The molecule has 2 fully saturated rings. The quantitative estimate of drug-likeness (QED) is 0.604. The van der Waals surface area contributed by atoms with Crippen LogP contribution in [-0.2, 0) is 9.59 Å². The van der Waals surface area contributed by atoms with Gasteiger partial charge >= 0.3 is 0 Å². The zero-order valence-corrected chi connectivity index (χ0v) is 10.2. The Balaban J connectivity index is 1.51. The van der Waals surface area contributed by atoms with Crippen molar-refractivity contribution in [3.63, 3.8) is 0 Å². The molecule has 5 nitrogen and oxygen atoms in total. The van der Waals surface area contributed by atoms with Gasteiger partial charge in [-0.3, -0.25) is 9.59 Å². The lowest BCUT2D eigenvalue weighted by Crippen LogP contribution is -2.34. The van der Waals surface area contributed by atoms with E-state index >= 15 is 0 Å². The number of nitrogens with zero attached hydrogens (tertiary/aromatic N) is 3. The molecule has 0 aromatic heterocycles. The van der Waals surface area contributed by atoms with Crippen molar-refractivity contribution < 1.29 is 9.59 Å². The molecule has 0 unspecified atom stereocenters. The molecule has 0 bridgehead atoms. The maximum Gasteiger partial charge on any atom is 0.222 e. The number of hydrogen-bond acceptors (Lipinski definition) is 2. The van der Waals surface area contributed by atoms with Crippen molar-refractivity contribution in [3.05, 3.63) is 0 Å². The lowest BCUT2D eigenvalue weighted by molar-refractivity contribution is -0.128. The summed E-state index contributed by atoms with van der Waals surface area (Å²) in [7, 11) is 0. The maximum atomic E-state index is 11.3. The van der Waals surface area contributed by atoms with Gasteiger partial charge in [0.15, 0.2) is 0 Å². The molecule has 0 atom stereocenters. The van der Waals surface area contributed by atoms with Crippen LogP contribution in [0.25, 0.3) is 0 Å². The van der Waals surface area contributed by atoms with Crippen molar-refractivity contribution in [2.75, 3.05) is 39.3 Å². The Hall–Kier alpha value is -1.10. The van der Waals surface area contributed by atoms with Gasteiger partial charge in [0.25, 0.3) is 0 Å². The summed E-state index contributed by atoms with van der Waals surface area (Å²) < 4.78 is 0. The fourth-order valence-electron chi connectivity index (χ4n) is 2.38. The van der Waals surface area contributed by atoms with Crippen LogP contribution < -0.4 is 5.32 Å². The van der Waals surface area contributed by atoms with Gasteiger partial charge in [0, 0.05) is 52.1 Å². The smallest absolute Gasteiger partial charge is 0.222 e. The van der Waals surface area contributed by atoms with Gasteiger partial charge in [0.05, 0.1) is 0 Å². The van der Waals surface area contributed by atoms with Gasteiger partial charge in [-0.2, -0.15) is 0 Å². The first-order chi connectivity index (χ1) is 8.27. The van der Waals surface area contributed by atoms with Gasteiger partial charge < -0.3 is 9.80 Å². The van der Waals surface area contributed by atoms with Crippen LogP contribution in [-0.4, -0.2) is 60.9 Å². The monoisotopic (exact) mass is 238 g/mol. The number of hydrogen-bond donors (Lipinski definition) is 0. The minimum atomic E-state index is 0.259. The van der Waals surface area contributed by atoms with E-state index in [0.29, 0.717) is 25.9 Å². The van der Waals surface area contributed by atoms with Crippen LogP contribution in [0.15, 0.2) is 0 Å². The topological polar surface area (TPSA) is 54.7 Å². The van der Waals surface area contributed by atoms with Crippen molar-refractivity contribution in [3.8, 4) is 0 Å². The average molecular weight is 238 g/mol. The highest BCUT2D eigenvalue weighted by Gasteiger charge is 2.20. The Labute approximate surface area is 102 Å². The van der Waals surface area contributed by atoms with E-state index in [2.05, 4.69) is 5.32 Å². The van der Waals surface area contributed by atoms with Crippen molar-refractivity contribution in [2.24, 2.45) is 0 Å². The van der Waals surface area contributed by atoms with E-state index in [9.17, 15) is 9.59 Å². The molecule has 0 aliphatic carbocycles. The Morgan fingerprint density at radius 1 is 0.882 bits per heavy atom. The molecule has 95 valence electrons. The highest BCUT2D eigenvalue weighted by molar-refractivity contribution is 5.78. The highest BCUT2D eigenvalue weighted by atomic mass is 16.2. The molecular formula is C12H20N3O2. The van der Waals surface area contributed by atoms with Gasteiger partial charge in [-0.25, -0.2) is 5.32 Å². The second kappa shape index (κ2) is 6.00. The predicted molar refractivity (Wildman–Crippen MR) is 63.5 cm³/mol. The summed E-state index contributed by atoms with van der Waals surface area (Å²) in [6, 6.07) is 0. The summed E-state index contributed by atoms with van der Waals surface area (Å²) in [6.07, 6.45) is 3.37. The zero-order valence-electron chi connectivity index (χ0n) is 10.2. The Morgan fingerprint density at radius 2 is 1.35 bits per heavy atom. The molecule has 0 spiro atoms. The summed E-state index contributed by atoms with van der Waals surface area (Å²) in [6.45, 7) is 4.67. The van der Waals surface area contributed by atoms with Crippen LogP contribution >= 0.6 is 0 Å². The SMILES string of the molecule is O=C1CCCN1CC[N]CCN1CCCC1=O. The molecule has 2 aliphatic rings. The molecule has 5 heteroatoms. The van der Waals surface area contributed by atoms with Crippen LogP contribution in [0, 0.1) is 0 Å². The van der Waals surface area contributed by atoms with Gasteiger partial charge in [-0.1, -0.05) is 0 Å². The van der Waals surface area contributed by atoms with Crippen LogP contribution in [0.5, 0.6) is 0 Å². The van der Waals surface area contributed by atoms with E-state index in [1.807, 2.05) is 9.80 Å². The third-order valence-electron chi connectivity index (χ3n) is 3.40. The molecule has 0 aromatic carbocycles. The Bertz CT molecular complexity index is 265. The Morgan fingerprint density at radius 3 is 1.71 bits per heavy atom. The highest BCUT2D eigenvalue weighted by Crippen LogP contribution is 2.09. The predicted octanol–water partition coefficient (Wildman–Crippen LogP) is -0.164. The van der Waals surface area contributed by atoms with Crippen LogP contribution in [0.4, 0.5) is 0 Å². The zero-order chi connectivity index (χ0) is 12.1. The summed E-state index contributed by atoms with van der Waals surface area (Å²) in [5, 5.41) is 4.38. The van der Waals surface area contributed by atoms with Crippen LogP contribution in [0.3, 0.4) is 0 Å². The first-order valence-corrected chi connectivity index (χ1v) is 6.46. The first-order valence-electron chi connectivity index (χ1n) is 6.46. The molecule has 1 radical (unpaired) electrons. The number of carbonyl (C=O) groups excluding carboxylic acids is 2. The number of amides is 2. The van der Waals surface area contributed by atoms with E-state index < -0.39 is 0 Å². The van der Waals surface area contributed by atoms with Crippen molar-refractivity contribution in [2.45, 2.75) is 25.7 Å². The van der Waals surface area contributed by atoms with Gasteiger partial charge in [0.1, 0.15) is 0 Å². The van der Waals surface area contributed by atoms with E-state index in [0.717, 1.165) is 39.0 Å². The summed E-state index contributed by atoms with van der Waals surface area (Å²) in [5.74, 6) is 0.518. The summed E-state index contributed by atoms with van der Waals surface area (Å²) in [4.78, 5) is 26.4. The largest absolute Gasteiger partial charge is 0.341 e.